The predicted molar refractivity (Wildman–Crippen MR) is 132 cm³/mol. The lowest BCUT2D eigenvalue weighted by Crippen LogP contribution is -2.36. The average Bonchev–Trinajstić information content (AvgIpc) is 3.66. The van der Waals surface area contributed by atoms with Gasteiger partial charge in [-0.1, -0.05) is 30.3 Å². The number of amides is 1. The summed E-state index contributed by atoms with van der Waals surface area (Å²) in [5.41, 5.74) is 5.04. The van der Waals surface area contributed by atoms with Crippen molar-refractivity contribution in [3.8, 4) is 17.2 Å². The molecule has 1 saturated carbocycles. The van der Waals surface area contributed by atoms with Gasteiger partial charge in [-0.05, 0) is 71.8 Å². The first-order valence-electron chi connectivity index (χ1n) is 11.1. The second kappa shape index (κ2) is 8.50. The van der Waals surface area contributed by atoms with Crippen molar-refractivity contribution in [3.05, 3.63) is 83.4 Å². The van der Waals surface area contributed by atoms with Gasteiger partial charge >= 0.3 is 10.2 Å². The van der Waals surface area contributed by atoms with Crippen molar-refractivity contribution < 1.29 is 13.2 Å². The molecule has 0 radical (unpaired) electrons. The minimum absolute atomic E-state index is 0.248. The van der Waals surface area contributed by atoms with Gasteiger partial charge in [-0.3, -0.25) is 13.4 Å². The summed E-state index contributed by atoms with van der Waals surface area (Å²) >= 11 is 0. The van der Waals surface area contributed by atoms with E-state index < -0.39 is 10.2 Å². The van der Waals surface area contributed by atoms with Crippen LogP contribution in [0.1, 0.15) is 34.3 Å². The maximum atomic E-state index is 12.9. The normalized spacial score (nSPS) is 16.1. The van der Waals surface area contributed by atoms with Gasteiger partial charge in [0, 0.05) is 25.7 Å². The second-order valence-corrected chi connectivity index (χ2v) is 10.6. The van der Waals surface area contributed by atoms with Gasteiger partial charge in [0.25, 0.3) is 5.91 Å². The van der Waals surface area contributed by atoms with Crippen molar-refractivity contribution in [1.82, 2.24) is 5.32 Å². The topological polar surface area (TPSA) is 93.5 Å². The molecule has 0 spiro atoms. The molecule has 1 aliphatic heterocycles. The Morgan fingerprint density at radius 3 is 2.56 bits per heavy atom. The van der Waals surface area contributed by atoms with Crippen LogP contribution in [0.3, 0.4) is 0 Å². The maximum Gasteiger partial charge on any atom is 0.326 e. The van der Waals surface area contributed by atoms with Crippen molar-refractivity contribution in [2.75, 3.05) is 22.2 Å². The van der Waals surface area contributed by atoms with Crippen LogP contribution in [0.5, 0.6) is 0 Å². The number of carbonyl (C=O) groups excluding carboxylic acids is 1. The van der Waals surface area contributed by atoms with E-state index in [4.69, 9.17) is 5.26 Å². The number of hydrogen-bond donors (Lipinski definition) is 1. The third kappa shape index (κ3) is 4.11. The molecule has 1 aliphatic carbocycles. The third-order valence-electron chi connectivity index (χ3n) is 6.30. The van der Waals surface area contributed by atoms with Gasteiger partial charge in [-0.2, -0.15) is 13.7 Å². The zero-order chi connectivity index (χ0) is 23.9. The number of benzene rings is 3. The molecule has 1 heterocycles. The lowest BCUT2D eigenvalue weighted by Gasteiger charge is -2.18. The summed E-state index contributed by atoms with van der Waals surface area (Å²) in [5.74, 6) is 0.200. The van der Waals surface area contributed by atoms with E-state index >= 15 is 0 Å². The molecular weight excluding hydrogens is 448 g/mol. The van der Waals surface area contributed by atoms with Gasteiger partial charge in [-0.15, -0.1) is 0 Å². The minimum atomic E-state index is -3.54. The smallest absolute Gasteiger partial charge is 0.326 e. The Labute approximate surface area is 199 Å². The first kappa shape index (κ1) is 22.0. The van der Waals surface area contributed by atoms with Crippen LogP contribution in [-0.4, -0.2) is 27.9 Å². The molecule has 1 fully saturated rings. The van der Waals surface area contributed by atoms with E-state index in [9.17, 15) is 13.2 Å². The van der Waals surface area contributed by atoms with Crippen molar-refractivity contribution >= 4 is 27.5 Å². The summed E-state index contributed by atoms with van der Waals surface area (Å²) in [6.07, 6.45) is 2.16. The quantitative estimate of drug-likeness (QED) is 0.585. The molecule has 1 amide bonds. The summed E-state index contributed by atoms with van der Waals surface area (Å²) < 4.78 is 28.7. The number of nitrogens with zero attached hydrogens (tertiary/aromatic N) is 3. The Morgan fingerprint density at radius 1 is 1.03 bits per heavy atom. The largest absolute Gasteiger partial charge is 0.348 e. The van der Waals surface area contributed by atoms with Crippen molar-refractivity contribution in [3.63, 3.8) is 0 Å². The second-order valence-electron chi connectivity index (χ2n) is 8.73. The molecule has 0 saturated heterocycles. The van der Waals surface area contributed by atoms with Gasteiger partial charge in [0.15, 0.2) is 0 Å². The molecular formula is C26H24N4O3S. The highest BCUT2D eigenvalue weighted by Crippen LogP contribution is 2.44. The molecule has 0 unspecified atom stereocenters. The van der Waals surface area contributed by atoms with E-state index in [1.54, 1.807) is 31.3 Å². The monoisotopic (exact) mass is 472 g/mol. The van der Waals surface area contributed by atoms with Crippen LogP contribution in [-0.2, 0) is 16.8 Å². The van der Waals surface area contributed by atoms with Crippen molar-refractivity contribution in [2.45, 2.75) is 19.4 Å². The summed E-state index contributed by atoms with van der Waals surface area (Å²) in [6.45, 7) is 0.864. The fourth-order valence-electron chi connectivity index (χ4n) is 4.17. The van der Waals surface area contributed by atoms with E-state index in [1.807, 2.05) is 48.5 Å². The summed E-state index contributed by atoms with van der Waals surface area (Å²) in [5, 5.41) is 11.9. The SMILES string of the molecule is CN1c2cc(-c3cccc(CNC(=O)c4cccc(C#N)c4)c3)ccc2N(CC2CC2)S1(=O)=O. The van der Waals surface area contributed by atoms with E-state index in [1.165, 1.54) is 8.61 Å². The fourth-order valence-corrected chi connectivity index (χ4v) is 5.66. The van der Waals surface area contributed by atoms with Crippen LogP contribution in [0, 0.1) is 17.2 Å². The number of fused-ring (bicyclic) bond motifs is 1. The molecule has 0 aromatic heterocycles. The molecule has 2 aliphatic rings. The zero-order valence-electron chi connectivity index (χ0n) is 18.7. The Kier molecular flexibility index (Phi) is 5.50. The van der Waals surface area contributed by atoms with Gasteiger partial charge < -0.3 is 5.32 Å². The Morgan fingerprint density at radius 2 is 1.79 bits per heavy atom. The number of nitriles is 1. The Balaban J connectivity index is 1.35. The van der Waals surface area contributed by atoms with Crippen LogP contribution in [0.4, 0.5) is 11.4 Å². The highest BCUT2D eigenvalue weighted by molar-refractivity contribution is 7.94. The van der Waals surface area contributed by atoms with Gasteiger partial charge in [-0.25, -0.2) is 0 Å². The third-order valence-corrected chi connectivity index (χ3v) is 8.09. The van der Waals surface area contributed by atoms with Crippen LogP contribution in [0.25, 0.3) is 11.1 Å². The number of rotatable bonds is 6. The molecule has 8 heteroatoms. The van der Waals surface area contributed by atoms with Crippen LogP contribution in [0.15, 0.2) is 66.7 Å². The molecule has 3 aromatic rings. The van der Waals surface area contributed by atoms with E-state index in [0.29, 0.717) is 35.8 Å². The maximum absolute atomic E-state index is 12.9. The first-order valence-corrected chi connectivity index (χ1v) is 12.5. The minimum Gasteiger partial charge on any atom is -0.348 e. The van der Waals surface area contributed by atoms with E-state index in [2.05, 4.69) is 5.32 Å². The summed E-state index contributed by atoms with van der Waals surface area (Å²) in [6, 6.07) is 22.1. The first-order chi connectivity index (χ1) is 16.4. The number of nitrogens with one attached hydrogen (secondary N) is 1. The Hall–Kier alpha value is -3.83. The van der Waals surface area contributed by atoms with Gasteiger partial charge in [0.2, 0.25) is 0 Å². The standard InChI is InChI=1S/C26H24N4O3S/c1-29-25-14-22(10-11-24(25)30(34(29,32)33)17-18-8-9-18)21-6-3-5-20(13-21)16-28-26(31)23-7-2-4-19(12-23)15-27/h2-7,10-14,18H,8-9,16-17H2,1H3,(H,28,31). The van der Waals surface area contributed by atoms with Crippen LogP contribution >= 0.6 is 0 Å². The van der Waals surface area contributed by atoms with Gasteiger partial charge in [0.05, 0.1) is 23.0 Å². The lowest BCUT2D eigenvalue weighted by atomic mass is 10.0. The lowest BCUT2D eigenvalue weighted by molar-refractivity contribution is 0.0951. The molecule has 0 bridgehead atoms. The van der Waals surface area contributed by atoms with Crippen LogP contribution in [0.2, 0.25) is 0 Å². The van der Waals surface area contributed by atoms with Crippen LogP contribution < -0.4 is 13.9 Å². The highest BCUT2D eigenvalue weighted by Gasteiger charge is 2.40. The van der Waals surface area contributed by atoms with Crippen molar-refractivity contribution in [2.24, 2.45) is 5.92 Å². The van der Waals surface area contributed by atoms with E-state index in [0.717, 1.165) is 35.2 Å². The molecule has 5 rings (SSSR count). The molecule has 7 nitrogen and oxygen atoms in total. The molecule has 34 heavy (non-hydrogen) atoms. The molecule has 0 atom stereocenters. The number of carbonyl (C=O) groups is 1. The molecule has 3 aromatic carbocycles. The predicted octanol–water partition coefficient (Wildman–Crippen LogP) is 4.07. The summed E-state index contributed by atoms with van der Waals surface area (Å²) in [7, 11) is -1.94. The highest BCUT2D eigenvalue weighted by atomic mass is 32.2. The molecule has 172 valence electrons. The average molecular weight is 473 g/mol. The molecule has 1 N–H and O–H groups in total. The van der Waals surface area contributed by atoms with Gasteiger partial charge in [0.1, 0.15) is 0 Å². The van der Waals surface area contributed by atoms with E-state index in [-0.39, 0.29) is 5.91 Å². The fraction of sp³-hybridized carbons (Fsp3) is 0.231. The Bertz CT molecular complexity index is 1420. The summed E-state index contributed by atoms with van der Waals surface area (Å²) in [4.78, 5) is 12.5. The number of anilines is 2. The number of hydrogen-bond acceptors (Lipinski definition) is 4. The van der Waals surface area contributed by atoms with Crippen molar-refractivity contribution in [1.29, 1.82) is 5.26 Å². The zero-order valence-corrected chi connectivity index (χ0v) is 19.5.